The van der Waals surface area contributed by atoms with Gasteiger partial charge in [0.1, 0.15) is 6.33 Å². The van der Waals surface area contributed by atoms with Gasteiger partial charge in [-0.1, -0.05) is 0 Å². The zero-order valence-electron chi connectivity index (χ0n) is 13.5. The monoisotopic (exact) mass is 315 g/mol. The molecule has 23 heavy (non-hydrogen) atoms. The molecule has 0 radical (unpaired) electrons. The Bertz CT molecular complexity index is 722. The summed E-state index contributed by atoms with van der Waals surface area (Å²) in [5.41, 5.74) is 0.856. The molecule has 0 atom stereocenters. The number of aryl methyl sites for hydroxylation is 2. The van der Waals surface area contributed by atoms with Gasteiger partial charge in [0.05, 0.1) is 6.61 Å². The molecule has 7 heteroatoms. The Morgan fingerprint density at radius 3 is 2.78 bits per heavy atom. The van der Waals surface area contributed by atoms with Crippen LogP contribution in [0.5, 0.6) is 5.88 Å². The summed E-state index contributed by atoms with van der Waals surface area (Å²) in [5.74, 6) is 1.63. The van der Waals surface area contributed by atoms with E-state index in [0.717, 1.165) is 31.6 Å². The molecular weight excluding hydrogens is 294 g/mol. The molecule has 2 aromatic heterocycles. The van der Waals surface area contributed by atoms with Crippen molar-refractivity contribution < 1.29 is 4.74 Å². The van der Waals surface area contributed by atoms with Gasteiger partial charge in [0.2, 0.25) is 5.88 Å². The Morgan fingerprint density at radius 2 is 2.04 bits per heavy atom. The minimum Gasteiger partial charge on any atom is -0.477 e. The molecule has 1 saturated heterocycles. The fraction of sp³-hybridized carbons (Fsp3) is 0.500. The SMILES string of the molecule is Cc1cc(OCC2CCN(c3nccn(C)c3=O)CC2)ncn1. The van der Waals surface area contributed by atoms with E-state index in [4.69, 9.17) is 4.74 Å². The molecule has 0 bridgehead atoms. The molecule has 7 nitrogen and oxygen atoms in total. The third kappa shape index (κ3) is 3.67. The number of nitrogens with zero attached hydrogens (tertiary/aromatic N) is 5. The van der Waals surface area contributed by atoms with Gasteiger partial charge in [-0.3, -0.25) is 4.79 Å². The number of hydrogen-bond acceptors (Lipinski definition) is 6. The smallest absolute Gasteiger partial charge is 0.293 e. The molecule has 1 fully saturated rings. The molecule has 1 aliphatic heterocycles. The van der Waals surface area contributed by atoms with E-state index in [1.807, 2.05) is 13.0 Å². The molecular formula is C16H21N5O2. The van der Waals surface area contributed by atoms with E-state index in [0.29, 0.717) is 24.2 Å². The Labute approximate surface area is 135 Å². The molecule has 0 N–H and O–H groups in total. The van der Waals surface area contributed by atoms with E-state index in [9.17, 15) is 4.79 Å². The van der Waals surface area contributed by atoms with Gasteiger partial charge in [0.25, 0.3) is 5.56 Å². The van der Waals surface area contributed by atoms with Gasteiger partial charge in [0, 0.05) is 44.3 Å². The van der Waals surface area contributed by atoms with Crippen molar-refractivity contribution in [1.29, 1.82) is 0 Å². The van der Waals surface area contributed by atoms with Crippen LogP contribution in [0.15, 0.2) is 29.6 Å². The summed E-state index contributed by atoms with van der Waals surface area (Å²) in [6, 6.07) is 1.84. The summed E-state index contributed by atoms with van der Waals surface area (Å²) in [6.07, 6.45) is 6.82. The Balaban J connectivity index is 1.54. The van der Waals surface area contributed by atoms with Crippen molar-refractivity contribution in [2.24, 2.45) is 13.0 Å². The summed E-state index contributed by atoms with van der Waals surface area (Å²) in [5, 5.41) is 0. The highest BCUT2D eigenvalue weighted by Gasteiger charge is 2.22. The Hall–Kier alpha value is -2.44. The summed E-state index contributed by atoms with van der Waals surface area (Å²) in [6.45, 7) is 4.21. The van der Waals surface area contributed by atoms with Gasteiger partial charge in [0.15, 0.2) is 5.82 Å². The second-order valence-corrected chi connectivity index (χ2v) is 5.91. The van der Waals surface area contributed by atoms with Gasteiger partial charge in [-0.2, -0.15) is 0 Å². The average molecular weight is 315 g/mol. The van der Waals surface area contributed by atoms with Crippen molar-refractivity contribution in [3.8, 4) is 5.88 Å². The maximum Gasteiger partial charge on any atom is 0.293 e. The minimum absolute atomic E-state index is 0.0429. The van der Waals surface area contributed by atoms with Crippen molar-refractivity contribution >= 4 is 5.82 Å². The van der Waals surface area contributed by atoms with Crippen LogP contribution >= 0.6 is 0 Å². The number of piperidine rings is 1. The normalized spacial score (nSPS) is 15.7. The van der Waals surface area contributed by atoms with Gasteiger partial charge in [-0.05, 0) is 25.7 Å². The van der Waals surface area contributed by atoms with Crippen molar-refractivity contribution in [1.82, 2.24) is 19.5 Å². The average Bonchev–Trinajstić information content (AvgIpc) is 2.56. The van der Waals surface area contributed by atoms with Crippen LogP contribution in [-0.4, -0.2) is 39.2 Å². The largest absolute Gasteiger partial charge is 0.477 e. The first-order valence-corrected chi connectivity index (χ1v) is 7.81. The van der Waals surface area contributed by atoms with Gasteiger partial charge in [-0.25, -0.2) is 15.0 Å². The van der Waals surface area contributed by atoms with Crippen molar-refractivity contribution in [3.63, 3.8) is 0 Å². The quantitative estimate of drug-likeness (QED) is 0.843. The molecule has 0 saturated carbocycles. The predicted molar refractivity (Wildman–Crippen MR) is 86.7 cm³/mol. The van der Waals surface area contributed by atoms with Crippen LogP contribution < -0.4 is 15.2 Å². The lowest BCUT2D eigenvalue weighted by atomic mass is 9.98. The number of anilines is 1. The second kappa shape index (κ2) is 6.76. The Kier molecular flexibility index (Phi) is 4.55. The number of aromatic nitrogens is 4. The molecule has 0 amide bonds. The van der Waals surface area contributed by atoms with E-state index >= 15 is 0 Å². The third-order valence-corrected chi connectivity index (χ3v) is 4.16. The van der Waals surface area contributed by atoms with Gasteiger partial charge < -0.3 is 14.2 Å². The summed E-state index contributed by atoms with van der Waals surface area (Å²) in [4.78, 5) is 26.6. The maximum absolute atomic E-state index is 12.1. The highest BCUT2D eigenvalue weighted by Crippen LogP contribution is 2.20. The molecule has 0 aromatic carbocycles. The lowest BCUT2D eigenvalue weighted by Gasteiger charge is -2.32. The first-order chi connectivity index (χ1) is 11.1. The molecule has 0 spiro atoms. The lowest BCUT2D eigenvalue weighted by molar-refractivity contribution is 0.215. The van der Waals surface area contributed by atoms with Gasteiger partial charge in [-0.15, -0.1) is 0 Å². The zero-order valence-corrected chi connectivity index (χ0v) is 13.5. The molecule has 122 valence electrons. The van der Waals surface area contributed by atoms with E-state index < -0.39 is 0 Å². The summed E-state index contributed by atoms with van der Waals surface area (Å²) < 4.78 is 7.32. The zero-order chi connectivity index (χ0) is 16.2. The van der Waals surface area contributed by atoms with Crippen LogP contribution in [0.1, 0.15) is 18.5 Å². The Morgan fingerprint density at radius 1 is 1.26 bits per heavy atom. The van der Waals surface area contributed by atoms with E-state index in [1.165, 1.54) is 6.33 Å². The standard InChI is InChI=1S/C16H21N5O2/c1-12-9-14(19-11-18-12)23-10-13-3-6-21(7-4-13)15-16(22)20(2)8-5-17-15/h5,8-9,11,13H,3-4,6-7,10H2,1-2H3. The van der Waals surface area contributed by atoms with Crippen LogP contribution in [0.4, 0.5) is 5.82 Å². The van der Waals surface area contributed by atoms with Crippen LogP contribution in [0.2, 0.25) is 0 Å². The van der Waals surface area contributed by atoms with Crippen molar-refractivity contribution in [2.45, 2.75) is 19.8 Å². The lowest BCUT2D eigenvalue weighted by Crippen LogP contribution is -2.40. The first kappa shape index (κ1) is 15.5. The number of ether oxygens (including phenoxy) is 1. The first-order valence-electron chi connectivity index (χ1n) is 7.81. The minimum atomic E-state index is -0.0429. The van der Waals surface area contributed by atoms with Gasteiger partial charge >= 0.3 is 0 Å². The summed E-state index contributed by atoms with van der Waals surface area (Å²) >= 11 is 0. The summed E-state index contributed by atoms with van der Waals surface area (Å²) in [7, 11) is 1.75. The van der Waals surface area contributed by atoms with E-state index in [1.54, 1.807) is 24.0 Å². The fourth-order valence-electron chi connectivity index (χ4n) is 2.73. The van der Waals surface area contributed by atoms with E-state index in [-0.39, 0.29) is 5.56 Å². The van der Waals surface area contributed by atoms with E-state index in [2.05, 4.69) is 19.9 Å². The van der Waals surface area contributed by atoms with Crippen LogP contribution in [-0.2, 0) is 7.05 Å². The number of hydrogen-bond donors (Lipinski definition) is 0. The maximum atomic E-state index is 12.1. The second-order valence-electron chi connectivity index (χ2n) is 5.91. The molecule has 0 aliphatic carbocycles. The molecule has 3 rings (SSSR count). The molecule has 0 unspecified atom stereocenters. The molecule has 1 aliphatic rings. The fourth-order valence-corrected chi connectivity index (χ4v) is 2.73. The molecule has 2 aromatic rings. The van der Waals surface area contributed by atoms with Crippen LogP contribution in [0.25, 0.3) is 0 Å². The predicted octanol–water partition coefficient (Wildman–Crippen LogP) is 1.17. The van der Waals surface area contributed by atoms with Crippen LogP contribution in [0.3, 0.4) is 0 Å². The molecule has 3 heterocycles. The number of rotatable bonds is 4. The van der Waals surface area contributed by atoms with Crippen LogP contribution in [0, 0.1) is 12.8 Å². The van der Waals surface area contributed by atoms with Crippen molar-refractivity contribution in [3.05, 3.63) is 40.8 Å². The highest BCUT2D eigenvalue weighted by molar-refractivity contribution is 5.36. The highest BCUT2D eigenvalue weighted by atomic mass is 16.5. The third-order valence-electron chi connectivity index (χ3n) is 4.16. The van der Waals surface area contributed by atoms with Crippen molar-refractivity contribution in [2.75, 3.05) is 24.6 Å². The topological polar surface area (TPSA) is 73.1 Å².